The van der Waals surface area contributed by atoms with Crippen molar-refractivity contribution in [3.63, 3.8) is 0 Å². The van der Waals surface area contributed by atoms with Gasteiger partial charge < -0.3 is 5.11 Å². The molecule has 2 aromatic carbocycles. The second-order valence-electron chi connectivity index (χ2n) is 4.41. The van der Waals surface area contributed by atoms with Crippen molar-refractivity contribution in [2.75, 3.05) is 0 Å². The molecular weight excluding hydrogens is 303 g/mol. The van der Waals surface area contributed by atoms with Gasteiger partial charge in [-0.3, -0.25) is 0 Å². The van der Waals surface area contributed by atoms with Crippen molar-refractivity contribution < 1.29 is 5.11 Å². The van der Waals surface area contributed by atoms with Crippen molar-refractivity contribution in [1.82, 2.24) is 0 Å². The van der Waals surface area contributed by atoms with E-state index in [9.17, 15) is 5.11 Å². The lowest BCUT2D eigenvalue weighted by Crippen LogP contribution is -2.04. The van der Waals surface area contributed by atoms with E-state index >= 15 is 0 Å². The molecule has 0 amide bonds. The van der Waals surface area contributed by atoms with E-state index in [4.69, 9.17) is 34.8 Å². The van der Waals surface area contributed by atoms with Gasteiger partial charge in [-0.2, -0.15) is 0 Å². The summed E-state index contributed by atoms with van der Waals surface area (Å²) >= 11 is 18.1. The van der Waals surface area contributed by atoms with E-state index in [0.29, 0.717) is 21.5 Å². The average molecular weight is 316 g/mol. The molecule has 0 aromatic heterocycles. The van der Waals surface area contributed by atoms with Crippen LogP contribution in [-0.4, -0.2) is 5.11 Å². The molecule has 19 heavy (non-hydrogen) atoms. The van der Waals surface area contributed by atoms with Gasteiger partial charge in [-0.1, -0.05) is 46.9 Å². The van der Waals surface area contributed by atoms with Crippen LogP contribution in [0.4, 0.5) is 0 Å². The van der Waals surface area contributed by atoms with E-state index in [1.807, 2.05) is 19.1 Å². The third-order valence-electron chi connectivity index (χ3n) is 3.09. The summed E-state index contributed by atoms with van der Waals surface area (Å²) in [6, 6.07) is 10.7. The Balaban J connectivity index is 2.28. The molecule has 0 aliphatic carbocycles. The second-order valence-corrected chi connectivity index (χ2v) is 5.66. The predicted octanol–water partition coefficient (Wildman–Crippen LogP) is 5.23. The lowest BCUT2D eigenvalue weighted by Gasteiger charge is -2.15. The minimum atomic E-state index is -0.658. The Morgan fingerprint density at radius 3 is 2.53 bits per heavy atom. The monoisotopic (exact) mass is 314 g/mol. The van der Waals surface area contributed by atoms with E-state index in [0.717, 1.165) is 16.7 Å². The number of benzene rings is 2. The number of aliphatic hydroxyl groups is 1. The fourth-order valence-corrected chi connectivity index (χ4v) is 2.57. The van der Waals surface area contributed by atoms with E-state index in [1.54, 1.807) is 24.3 Å². The van der Waals surface area contributed by atoms with Crippen LogP contribution in [0, 0.1) is 6.92 Å². The van der Waals surface area contributed by atoms with Crippen molar-refractivity contribution in [3.05, 3.63) is 68.2 Å². The molecule has 1 nitrogen and oxygen atoms in total. The maximum Gasteiger partial charge on any atom is 0.0833 e. The minimum Gasteiger partial charge on any atom is -0.388 e. The molecule has 1 atom stereocenters. The quantitative estimate of drug-likeness (QED) is 0.822. The maximum absolute atomic E-state index is 10.3. The van der Waals surface area contributed by atoms with Gasteiger partial charge in [0.15, 0.2) is 0 Å². The molecule has 0 saturated carbocycles. The lowest BCUT2D eigenvalue weighted by molar-refractivity contribution is 0.178. The highest BCUT2D eigenvalue weighted by Gasteiger charge is 2.14. The van der Waals surface area contributed by atoms with Gasteiger partial charge in [0.1, 0.15) is 0 Å². The summed E-state index contributed by atoms with van der Waals surface area (Å²) in [5.41, 5.74) is 2.51. The van der Waals surface area contributed by atoms with Gasteiger partial charge in [-0.05, 0) is 47.9 Å². The minimum absolute atomic E-state index is 0.403. The standard InChI is InChI=1S/C15H13Cl3O/c1-9-12(3-2-4-13(9)17)15(19)8-10-7-11(16)5-6-14(10)18/h2-7,15,19H,8H2,1H3. The lowest BCUT2D eigenvalue weighted by atomic mass is 9.98. The van der Waals surface area contributed by atoms with Crippen molar-refractivity contribution >= 4 is 34.8 Å². The van der Waals surface area contributed by atoms with Crippen molar-refractivity contribution in [2.45, 2.75) is 19.4 Å². The van der Waals surface area contributed by atoms with E-state index in [1.165, 1.54) is 0 Å². The molecule has 0 aliphatic heterocycles. The maximum atomic E-state index is 10.3. The Labute approximate surface area is 127 Å². The summed E-state index contributed by atoms with van der Waals surface area (Å²) in [5.74, 6) is 0. The number of halogens is 3. The van der Waals surface area contributed by atoms with Crippen LogP contribution in [0.2, 0.25) is 15.1 Å². The van der Waals surface area contributed by atoms with Crippen LogP contribution in [0.25, 0.3) is 0 Å². The van der Waals surface area contributed by atoms with E-state index < -0.39 is 6.10 Å². The fourth-order valence-electron chi connectivity index (χ4n) is 2.00. The highest BCUT2D eigenvalue weighted by molar-refractivity contribution is 6.33. The normalized spacial score (nSPS) is 12.5. The molecule has 0 saturated heterocycles. The first-order chi connectivity index (χ1) is 8.99. The van der Waals surface area contributed by atoms with Gasteiger partial charge in [0.2, 0.25) is 0 Å². The van der Waals surface area contributed by atoms with Crippen molar-refractivity contribution in [1.29, 1.82) is 0 Å². The van der Waals surface area contributed by atoms with Gasteiger partial charge in [0, 0.05) is 21.5 Å². The molecule has 0 aliphatic rings. The molecule has 2 rings (SSSR count). The highest BCUT2D eigenvalue weighted by atomic mass is 35.5. The SMILES string of the molecule is Cc1c(Cl)cccc1C(O)Cc1cc(Cl)ccc1Cl. The Kier molecular flexibility index (Phi) is 4.75. The van der Waals surface area contributed by atoms with Crippen molar-refractivity contribution in [2.24, 2.45) is 0 Å². The van der Waals surface area contributed by atoms with Crippen molar-refractivity contribution in [3.8, 4) is 0 Å². The van der Waals surface area contributed by atoms with E-state index in [-0.39, 0.29) is 0 Å². The van der Waals surface area contributed by atoms with Gasteiger partial charge in [0.25, 0.3) is 0 Å². The van der Waals surface area contributed by atoms with Crippen LogP contribution in [0.1, 0.15) is 22.8 Å². The summed E-state index contributed by atoms with van der Waals surface area (Å²) in [5, 5.41) is 12.2. The number of hydrogen-bond acceptors (Lipinski definition) is 1. The van der Waals surface area contributed by atoms with Gasteiger partial charge in [0.05, 0.1) is 6.10 Å². The smallest absolute Gasteiger partial charge is 0.0833 e. The van der Waals surface area contributed by atoms with Crippen LogP contribution in [0.15, 0.2) is 36.4 Å². The third kappa shape index (κ3) is 3.43. The van der Waals surface area contributed by atoms with Crippen LogP contribution < -0.4 is 0 Å². The fraction of sp³-hybridized carbons (Fsp3) is 0.200. The molecule has 100 valence electrons. The molecule has 1 unspecified atom stereocenters. The molecule has 2 aromatic rings. The summed E-state index contributed by atoms with van der Waals surface area (Å²) in [6.07, 6.45) is -0.254. The van der Waals surface area contributed by atoms with Crippen LogP contribution in [0.5, 0.6) is 0 Å². The zero-order valence-electron chi connectivity index (χ0n) is 10.3. The molecule has 0 bridgehead atoms. The summed E-state index contributed by atoms with van der Waals surface area (Å²) in [6.45, 7) is 1.89. The number of aliphatic hydroxyl groups excluding tert-OH is 1. The molecule has 4 heteroatoms. The summed E-state index contributed by atoms with van der Waals surface area (Å²) in [7, 11) is 0. The Bertz CT molecular complexity index is 596. The van der Waals surface area contributed by atoms with Gasteiger partial charge >= 0.3 is 0 Å². The summed E-state index contributed by atoms with van der Waals surface area (Å²) < 4.78 is 0. The molecule has 0 fully saturated rings. The average Bonchev–Trinajstić information content (AvgIpc) is 2.37. The predicted molar refractivity (Wildman–Crippen MR) is 81.3 cm³/mol. The highest BCUT2D eigenvalue weighted by Crippen LogP contribution is 2.29. The number of hydrogen-bond donors (Lipinski definition) is 1. The van der Waals surface area contributed by atoms with Crippen LogP contribution in [-0.2, 0) is 6.42 Å². The molecule has 0 radical (unpaired) electrons. The van der Waals surface area contributed by atoms with Crippen LogP contribution >= 0.6 is 34.8 Å². The Morgan fingerprint density at radius 2 is 1.79 bits per heavy atom. The molecule has 1 N–H and O–H groups in total. The molecular formula is C15H13Cl3O. The zero-order valence-corrected chi connectivity index (χ0v) is 12.6. The largest absolute Gasteiger partial charge is 0.388 e. The Morgan fingerprint density at radius 1 is 1.05 bits per heavy atom. The summed E-state index contributed by atoms with van der Waals surface area (Å²) in [4.78, 5) is 0. The van der Waals surface area contributed by atoms with Gasteiger partial charge in [-0.15, -0.1) is 0 Å². The molecule has 0 spiro atoms. The first-order valence-electron chi connectivity index (χ1n) is 5.86. The third-order valence-corrected chi connectivity index (χ3v) is 4.10. The van der Waals surface area contributed by atoms with E-state index in [2.05, 4.69) is 0 Å². The number of rotatable bonds is 3. The first kappa shape index (κ1) is 14.7. The Hall–Kier alpha value is -0.730. The molecule has 0 heterocycles. The topological polar surface area (TPSA) is 20.2 Å². The van der Waals surface area contributed by atoms with Gasteiger partial charge in [-0.25, -0.2) is 0 Å². The zero-order chi connectivity index (χ0) is 14.0. The second kappa shape index (κ2) is 6.15. The van der Waals surface area contributed by atoms with Crippen LogP contribution in [0.3, 0.4) is 0 Å². The first-order valence-corrected chi connectivity index (χ1v) is 6.99.